The van der Waals surface area contributed by atoms with Crippen molar-refractivity contribution >= 4 is 15.8 Å². The molecule has 2 rings (SSSR count). The van der Waals surface area contributed by atoms with Gasteiger partial charge in [0.25, 0.3) is 0 Å². The molecule has 0 aromatic rings. The summed E-state index contributed by atoms with van der Waals surface area (Å²) in [5, 5.41) is 0. The minimum absolute atomic E-state index is 0.0313. The fraction of sp³-hybridized carbons (Fsp3) is 0.750. The zero-order valence-corrected chi connectivity index (χ0v) is 10.6. The fourth-order valence-corrected chi connectivity index (χ4v) is 4.03. The van der Waals surface area contributed by atoms with E-state index in [1.54, 1.807) is 0 Å². The molecule has 0 saturated carbocycles. The topological polar surface area (TPSA) is 60.4 Å². The van der Waals surface area contributed by atoms with Crippen molar-refractivity contribution in [3.63, 3.8) is 0 Å². The Morgan fingerprint density at radius 1 is 1.29 bits per heavy atom. The standard InChI is InChI=1S/C12H18O4S/c13-12(11-6-7-17(14,15)9-11)16-8-10-4-2-1-3-5-10/h1-2,10-11H,3-9H2. The minimum atomic E-state index is -3.00. The molecule has 1 aliphatic carbocycles. The number of rotatable bonds is 3. The molecule has 0 N–H and O–H groups in total. The molecule has 17 heavy (non-hydrogen) atoms. The van der Waals surface area contributed by atoms with Crippen molar-refractivity contribution in [2.45, 2.75) is 25.7 Å². The smallest absolute Gasteiger partial charge is 0.310 e. The lowest BCUT2D eigenvalue weighted by Gasteiger charge is -2.18. The minimum Gasteiger partial charge on any atom is -0.465 e. The van der Waals surface area contributed by atoms with Gasteiger partial charge in [0.05, 0.1) is 24.0 Å². The van der Waals surface area contributed by atoms with Crippen molar-refractivity contribution in [1.82, 2.24) is 0 Å². The van der Waals surface area contributed by atoms with Crippen LogP contribution in [0.2, 0.25) is 0 Å². The largest absolute Gasteiger partial charge is 0.465 e. The average Bonchev–Trinajstić information content (AvgIpc) is 2.68. The van der Waals surface area contributed by atoms with E-state index >= 15 is 0 Å². The summed E-state index contributed by atoms with van der Waals surface area (Å²) >= 11 is 0. The highest BCUT2D eigenvalue weighted by Gasteiger charge is 2.34. The highest BCUT2D eigenvalue weighted by molar-refractivity contribution is 7.91. The van der Waals surface area contributed by atoms with Crippen LogP contribution in [0.4, 0.5) is 0 Å². The number of allylic oxidation sites excluding steroid dienone is 2. The van der Waals surface area contributed by atoms with Gasteiger partial charge >= 0.3 is 5.97 Å². The molecule has 2 aliphatic rings. The Labute approximate surface area is 102 Å². The first-order chi connectivity index (χ1) is 8.07. The van der Waals surface area contributed by atoms with E-state index in [1.165, 1.54) is 0 Å². The molecule has 1 aliphatic heterocycles. The van der Waals surface area contributed by atoms with E-state index in [-0.39, 0.29) is 17.5 Å². The Hall–Kier alpha value is -0.840. The molecule has 2 unspecified atom stereocenters. The van der Waals surface area contributed by atoms with Crippen LogP contribution in [0.15, 0.2) is 12.2 Å². The van der Waals surface area contributed by atoms with Gasteiger partial charge < -0.3 is 4.74 Å². The number of hydrogen-bond donors (Lipinski definition) is 0. The molecule has 0 bridgehead atoms. The second kappa shape index (κ2) is 5.21. The zero-order valence-electron chi connectivity index (χ0n) is 9.80. The highest BCUT2D eigenvalue weighted by Crippen LogP contribution is 2.22. The molecule has 0 amide bonds. The van der Waals surface area contributed by atoms with Crippen molar-refractivity contribution in [1.29, 1.82) is 0 Å². The van der Waals surface area contributed by atoms with Crippen molar-refractivity contribution < 1.29 is 17.9 Å². The third-order valence-electron chi connectivity index (χ3n) is 3.40. The van der Waals surface area contributed by atoms with Crippen LogP contribution >= 0.6 is 0 Å². The number of carbonyl (C=O) groups excluding carboxylic acids is 1. The molecular formula is C12H18O4S. The fourth-order valence-electron chi connectivity index (χ4n) is 2.31. The van der Waals surface area contributed by atoms with Gasteiger partial charge in [0.15, 0.2) is 9.84 Å². The maximum atomic E-state index is 11.7. The SMILES string of the molecule is O=C(OCC1CC=CCC1)C1CCS(=O)(=O)C1. The first-order valence-corrected chi connectivity index (χ1v) is 7.91. The van der Waals surface area contributed by atoms with E-state index in [0.29, 0.717) is 18.9 Å². The van der Waals surface area contributed by atoms with Crippen LogP contribution in [0.1, 0.15) is 25.7 Å². The van der Waals surface area contributed by atoms with Crippen molar-refractivity contribution in [2.24, 2.45) is 11.8 Å². The van der Waals surface area contributed by atoms with Gasteiger partial charge in [-0.05, 0) is 31.6 Å². The second-order valence-corrected chi connectivity index (χ2v) is 7.11. The van der Waals surface area contributed by atoms with Crippen molar-refractivity contribution in [3.05, 3.63) is 12.2 Å². The number of sulfone groups is 1. The van der Waals surface area contributed by atoms with Gasteiger partial charge in [0.1, 0.15) is 0 Å². The third-order valence-corrected chi connectivity index (χ3v) is 5.17. The molecule has 2 atom stereocenters. The van der Waals surface area contributed by atoms with Gasteiger partial charge in [0.2, 0.25) is 0 Å². The summed E-state index contributed by atoms with van der Waals surface area (Å²) in [7, 11) is -3.00. The van der Waals surface area contributed by atoms with Crippen LogP contribution < -0.4 is 0 Å². The number of esters is 1. The van der Waals surface area contributed by atoms with Crippen LogP contribution in [0.25, 0.3) is 0 Å². The van der Waals surface area contributed by atoms with Crippen LogP contribution in [0.5, 0.6) is 0 Å². The number of ether oxygens (including phenoxy) is 1. The third kappa shape index (κ3) is 3.56. The predicted molar refractivity (Wildman–Crippen MR) is 64.2 cm³/mol. The van der Waals surface area contributed by atoms with E-state index < -0.39 is 15.8 Å². The number of hydrogen-bond acceptors (Lipinski definition) is 4. The second-order valence-electron chi connectivity index (χ2n) is 4.88. The monoisotopic (exact) mass is 258 g/mol. The van der Waals surface area contributed by atoms with E-state index in [4.69, 9.17) is 4.74 Å². The zero-order chi connectivity index (χ0) is 12.3. The van der Waals surface area contributed by atoms with E-state index in [2.05, 4.69) is 12.2 Å². The molecule has 5 heteroatoms. The normalized spacial score (nSPS) is 31.3. The summed E-state index contributed by atoms with van der Waals surface area (Å²) in [6, 6.07) is 0. The van der Waals surface area contributed by atoms with Gasteiger partial charge in [0, 0.05) is 0 Å². The highest BCUT2D eigenvalue weighted by atomic mass is 32.2. The Bertz CT molecular complexity index is 410. The summed E-state index contributed by atoms with van der Waals surface area (Å²) in [4.78, 5) is 11.7. The summed E-state index contributed by atoms with van der Waals surface area (Å²) in [6.07, 6.45) is 7.72. The lowest BCUT2D eigenvalue weighted by molar-refractivity contribution is -0.149. The summed E-state index contributed by atoms with van der Waals surface area (Å²) in [6.45, 7) is 0.430. The summed E-state index contributed by atoms with van der Waals surface area (Å²) in [5.41, 5.74) is 0. The molecule has 0 spiro atoms. The van der Waals surface area contributed by atoms with Gasteiger partial charge in [-0.1, -0.05) is 12.2 Å². The van der Waals surface area contributed by atoms with Crippen LogP contribution in [-0.2, 0) is 19.4 Å². The van der Waals surface area contributed by atoms with Crippen molar-refractivity contribution in [3.8, 4) is 0 Å². The lowest BCUT2D eigenvalue weighted by Crippen LogP contribution is -2.22. The Morgan fingerprint density at radius 2 is 2.12 bits per heavy atom. The molecule has 0 aromatic heterocycles. The molecule has 0 aromatic carbocycles. The maximum absolute atomic E-state index is 11.7. The van der Waals surface area contributed by atoms with Crippen LogP contribution in [0.3, 0.4) is 0 Å². The van der Waals surface area contributed by atoms with Crippen LogP contribution in [0, 0.1) is 11.8 Å². The Morgan fingerprint density at radius 3 is 2.71 bits per heavy atom. The molecular weight excluding hydrogens is 240 g/mol. The molecule has 1 fully saturated rings. The molecule has 1 heterocycles. The Balaban J connectivity index is 1.76. The van der Waals surface area contributed by atoms with Gasteiger partial charge in [-0.25, -0.2) is 8.42 Å². The average molecular weight is 258 g/mol. The molecule has 0 radical (unpaired) electrons. The molecule has 96 valence electrons. The maximum Gasteiger partial charge on any atom is 0.310 e. The predicted octanol–water partition coefficient (Wildman–Crippen LogP) is 1.32. The van der Waals surface area contributed by atoms with Crippen molar-refractivity contribution in [2.75, 3.05) is 18.1 Å². The first-order valence-electron chi connectivity index (χ1n) is 6.09. The molecule has 1 saturated heterocycles. The van der Waals surface area contributed by atoms with Gasteiger partial charge in [-0.3, -0.25) is 4.79 Å². The lowest BCUT2D eigenvalue weighted by atomic mass is 9.95. The van der Waals surface area contributed by atoms with E-state index in [9.17, 15) is 13.2 Å². The van der Waals surface area contributed by atoms with E-state index in [0.717, 1.165) is 19.3 Å². The summed E-state index contributed by atoms with van der Waals surface area (Å²) in [5.74, 6) is -0.267. The van der Waals surface area contributed by atoms with Gasteiger partial charge in [-0.15, -0.1) is 0 Å². The number of carbonyl (C=O) groups is 1. The van der Waals surface area contributed by atoms with Gasteiger partial charge in [-0.2, -0.15) is 0 Å². The summed E-state index contributed by atoms with van der Waals surface area (Å²) < 4.78 is 27.7. The quantitative estimate of drug-likeness (QED) is 0.566. The van der Waals surface area contributed by atoms with E-state index in [1.807, 2.05) is 0 Å². The molecule has 4 nitrogen and oxygen atoms in total. The Kier molecular flexibility index (Phi) is 3.86. The first kappa shape index (κ1) is 12.6. The van der Waals surface area contributed by atoms with Crippen LogP contribution in [-0.4, -0.2) is 32.5 Å².